The highest BCUT2D eigenvalue weighted by molar-refractivity contribution is 7.17. The number of carboxylic acids is 1. The first-order valence-corrected chi connectivity index (χ1v) is 6.94. The Morgan fingerprint density at radius 2 is 2.15 bits per heavy atom. The molecule has 104 valence electrons. The number of carboxylic acid groups (broad SMARTS) is 1. The Bertz CT molecular complexity index is 633. The molecule has 6 heteroatoms. The van der Waals surface area contributed by atoms with Crippen molar-refractivity contribution >= 4 is 33.9 Å². The summed E-state index contributed by atoms with van der Waals surface area (Å²) in [6.45, 7) is 3.39. The van der Waals surface area contributed by atoms with E-state index in [1.165, 1.54) is 6.92 Å². The summed E-state index contributed by atoms with van der Waals surface area (Å²) < 4.78 is 0. The number of hydrogen-bond acceptors (Lipinski definition) is 5. The van der Waals surface area contributed by atoms with Gasteiger partial charge < -0.3 is 10.4 Å². The Kier molecular flexibility index (Phi) is 4.14. The van der Waals surface area contributed by atoms with Gasteiger partial charge in [-0.2, -0.15) is 0 Å². The molecule has 0 fully saturated rings. The van der Waals surface area contributed by atoms with Gasteiger partial charge in [-0.15, -0.1) is 0 Å². The van der Waals surface area contributed by atoms with Crippen LogP contribution in [0.5, 0.6) is 0 Å². The first kappa shape index (κ1) is 14.2. The van der Waals surface area contributed by atoms with Gasteiger partial charge in [-0.05, 0) is 24.1 Å². The predicted octanol–water partition coefficient (Wildman–Crippen LogP) is 3.35. The summed E-state index contributed by atoms with van der Waals surface area (Å²) in [5.74, 6) is -1.49. The third kappa shape index (κ3) is 3.03. The van der Waals surface area contributed by atoms with Crippen molar-refractivity contribution < 1.29 is 14.7 Å². The van der Waals surface area contributed by atoms with E-state index in [-0.39, 0.29) is 16.4 Å². The number of anilines is 2. The van der Waals surface area contributed by atoms with Gasteiger partial charge in [-0.1, -0.05) is 30.4 Å². The van der Waals surface area contributed by atoms with Gasteiger partial charge in [0.05, 0.1) is 0 Å². The number of hydrogen-bond donors (Lipinski definition) is 2. The minimum Gasteiger partial charge on any atom is -0.476 e. The van der Waals surface area contributed by atoms with Crippen LogP contribution in [-0.4, -0.2) is 21.8 Å². The number of nitrogens with zero attached hydrogens (tertiary/aromatic N) is 1. The third-order valence-corrected chi connectivity index (χ3v) is 3.81. The Labute approximate surface area is 120 Å². The number of ketones is 1. The zero-order valence-corrected chi connectivity index (χ0v) is 12.0. The normalized spacial score (nSPS) is 10.3. The lowest BCUT2D eigenvalue weighted by Gasteiger charge is -2.04. The standard InChI is InChI=1S/C14H14N2O3S/c1-3-9-5-4-6-10(7-9)15-14-16-11(13(18)19)12(20-14)8(2)17/h4-7H,3H2,1-2H3,(H,15,16)(H,18,19). The molecule has 0 saturated carbocycles. The maximum Gasteiger partial charge on any atom is 0.356 e. The molecule has 0 amide bonds. The zero-order valence-electron chi connectivity index (χ0n) is 11.1. The Morgan fingerprint density at radius 1 is 1.40 bits per heavy atom. The Balaban J connectivity index is 2.31. The number of aromatic nitrogens is 1. The quantitative estimate of drug-likeness (QED) is 0.825. The largest absolute Gasteiger partial charge is 0.476 e. The van der Waals surface area contributed by atoms with Crippen molar-refractivity contribution in [3.8, 4) is 0 Å². The Hall–Kier alpha value is -2.21. The van der Waals surface area contributed by atoms with E-state index in [9.17, 15) is 9.59 Å². The van der Waals surface area contributed by atoms with Gasteiger partial charge >= 0.3 is 5.97 Å². The second kappa shape index (κ2) is 5.83. The number of rotatable bonds is 5. The molecule has 1 aromatic heterocycles. The van der Waals surface area contributed by atoms with Crippen LogP contribution in [0.4, 0.5) is 10.8 Å². The van der Waals surface area contributed by atoms with Crippen molar-refractivity contribution in [1.29, 1.82) is 0 Å². The van der Waals surface area contributed by atoms with Crippen molar-refractivity contribution in [2.75, 3.05) is 5.32 Å². The molecule has 2 rings (SSSR count). The van der Waals surface area contributed by atoms with Crippen LogP contribution in [0.15, 0.2) is 24.3 Å². The summed E-state index contributed by atoms with van der Waals surface area (Å²) in [6, 6.07) is 7.76. The molecule has 0 atom stereocenters. The first-order chi connectivity index (χ1) is 9.51. The van der Waals surface area contributed by atoms with Gasteiger partial charge in [0.2, 0.25) is 0 Å². The fourth-order valence-corrected chi connectivity index (χ4v) is 2.62. The highest BCUT2D eigenvalue weighted by atomic mass is 32.1. The van der Waals surface area contributed by atoms with E-state index >= 15 is 0 Å². The minimum atomic E-state index is -1.19. The highest BCUT2D eigenvalue weighted by Crippen LogP contribution is 2.27. The molecule has 0 saturated heterocycles. The van der Waals surface area contributed by atoms with Gasteiger partial charge in [0, 0.05) is 12.6 Å². The smallest absolute Gasteiger partial charge is 0.356 e. The van der Waals surface area contributed by atoms with Gasteiger partial charge in [-0.3, -0.25) is 4.79 Å². The molecule has 0 aliphatic carbocycles. The van der Waals surface area contributed by atoms with Crippen LogP contribution in [0.2, 0.25) is 0 Å². The first-order valence-electron chi connectivity index (χ1n) is 6.12. The number of carbonyl (C=O) groups is 2. The van der Waals surface area contributed by atoms with Crippen LogP contribution in [0.1, 0.15) is 39.6 Å². The van der Waals surface area contributed by atoms with E-state index in [0.717, 1.165) is 29.0 Å². The minimum absolute atomic E-state index is 0.159. The van der Waals surface area contributed by atoms with Crippen molar-refractivity contribution in [3.05, 3.63) is 40.4 Å². The molecule has 0 radical (unpaired) electrons. The van der Waals surface area contributed by atoms with E-state index in [4.69, 9.17) is 5.11 Å². The van der Waals surface area contributed by atoms with Crippen LogP contribution in [0.3, 0.4) is 0 Å². The van der Waals surface area contributed by atoms with Gasteiger partial charge in [0.25, 0.3) is 0 Å². The molecule has 1 aromatic carbocycles. The van der Waals surface area contributed by atoms with Crippen LogP contribution < -0.4 is 5.32 Å². The second-order valence-corrected chi connectivity index (χ2v) is 5.24. The fraction of sp³-hybridized carbons (Fsp3) is 0.214. The average Bonchev–Trinajstić information content (AvgIpc) is 2.83. The second-order valence-electron chi connectivity index (χ2n) is 4.24. The summed E-state index contributed by atoms with van der Waals surface area (Å²) in [7, 11) is 0. The number of benzene rings is 1. The predicted molar refractivity (Wildman–Crippen MR) is 78.2 cm³/mol. The number of carbonyl (C=O) groups excluding carboxylic acids is 1. The molecule has 0 unspecified atom stereocenters. The monoisotopic (exact) mass is 290 g/mol. The van der Waals surface area contributed by atoms with Gasteiger partial charge in [0.1, 0.15) is 4.88 Å². The molecule has 0 aliphatic rings. The SMILES string of the molecule is CCc1cccc(Nc2nc(C(=O)O)c(C(C)=O)s2)c1. The van der Waals surface area contributed by atoms with E-state index in [1.807, 2.05) is 24.3 Å². The molecule has 2 aromatic rings. The van der Waals surface area contributed by atoms with Crippen LogP contribution in [-0.2, 0) is 6.42 Å². The van der Waals surface area contributed by atoms with E-state index < -0.39 is 5.97 Å². The van der Waals surface area contributed by atoms with E-state index in [0.29, 0.717) is 5.13 Å². The number of thiazole rings is 1. The number of aryl methyl sites for hydroxylation is 1. The summed E-state index contributed by atoms with van der Waals surface area (Å²) in [5.41, 5.74) is 1.79. The zero-order chi connectivity index (χ0) is 14.7. The number of nitrogens with one attached hydrogen (secondary N) is 1. The van der Waals surface area contributed by atoms with Crippen molar-refractivity contribution in [2.45, 2.75) is 20.3 Å². The van der Waals surface area contributed by atoms with Crippen molar-refractivity contribution in [2.24, 2.45) is 0 Å². The fourth-order valence-electron chi connectivity index (χ4n) is 1.75. The van der Waals surface area contributed by atoms with Gasteiger partial charge in [-0.25, -0.2) is 9.78 Å². The van der Waals surface area contributed by atoms with Crippen molar-refractivity contribution in [3.63, 3.8) is 0 Å². The lowest BCUT2D eigenvalue weighted by Crippen LogP contribution is -2.03. The number of aromatic carboxylic acids is 1. The summed E-state index contributed by atoms with van der Waals surface area (Å²) in [5, 5.41) is 12.5. The molecule has 2 N–H and O–H groups in total. The highest BCUT2D eigenvalue weighted by Gasteiger charge is 2.20. The van der Waals surface area contributed by atoms with Crippen molar-refractivity contribution in [1.82, 2.24) is 4.98 Å². The third-order valence-electron chi connectivity index (χ3n) is 2.74. The molecule has 0 spiro atoms. The lowest BCUT2D eigenvalue weighted by atomic mass is 10.1. The topological polar surface area (TPSA) is 79.3 Å². The van der Waals surface area contributed by atoms with E-state index in [2.05, 4.69) is 17.2 Å². The van der Waals surface area contributed by atoms with Gasteiger partial charge in [0.15, 0.2) is 16.6 Å². The average molecular weight is 290 g/mol. The molecular weight excluding hydrogens is 276 g/mol. The van der Waals surface area contributed by atoms with E-state index in [1.54, 1.807) is 0 Å². The summed E-state index contributed by atoms with van der Waals surface area (Å²) in [4.78, 5) is 26.6. The van der Waals surface area contributed by atoms with Crippen LogP contribution in [0.25, 0.3) is 0 Å². The summed E-state index contributed by atoms with van der Waals surface area (Å²) in [6.07, 6.45) is 0.909. The maximum atomic E-state index is 11.4. The summed E-state index contributed by atoms with van der Waals surface area (Å²) >= 11 is 1.05. The van der Waals surface area contributed by atoms with Crippen LogP contribution in [0, 0.1) is 0 Å². The molecule has 5 nitrogen and oxygen atoms in total. The molecule has 0 bridgehead atoms. The van der Waals surface area contributed by atoms with Crippen LogP contribution >= 0.6 is 11.3 Å². The number of Topliss-reactive ketones (excluding diaryl/α,β-unsaturated/α-hetero) is 1. The lowest BCUT2D eigenvalue weighted by molar-refractivity contribution is 0.0687. The maximum absolute atomic E-state index is 11.4. The molecule has 1 heterocycles. The Morgan fingerprint density at radius 3 is 2.70 bits per heavy atom. The molecule has 20 heavy (non-hydrogen) atoms. The molecular formula is C14H14N2O3S. The molecule has 0 aliphatic heterocycles.